The van der Waals surface area contributed by atoms with Gasteiger partial charge in [0.1, 0.15) is 0 Å². The van der Waals surface area contributed by atoms with E-state index in [2.05, 4.69) is 55.6 Å². The van der Waals surface area contributed by atoms with Gasteiger partial charge < -0.3 is 20.3 Å². The molecule has 2 atom stereocenters. The zero-order chi connectivity index (χ0) is 55.7. The van der Waals surface area contributed by atoms with Crippen LogP contribution in [0.25, 0.3) is 0 Å². The normalized spacial score (nSPS) is 12.8. The lowest BCUT2D eigenvalue weighted by Gasteiger charge is -2.20. The molecule has 3 N–H and O–H groups in total. The molecule has 6 heteroatoms. The van der Waals surface area contributed by atoms with E-state index < -0.39 is 12.1 Å². The first-order valence-corrected chi connectivity index (χ1v) is 34.4. The average Bonchev–Trinajstić information content (AvgIpc) is 3.43. The fourth-order valence-corrected chi connectivity index (χ4v) is 10.5. The Kier molecular flexibility index (Phi) is 64.5. The average molecular weight is 1080 g/mol. The summed E-state index contributed by atoms with van der Waals surface area (Å²) in [6.45, 7) is 4.90. The lowest BCUT2D eigenvalue weighted by Crippen LogP contribution is -2.45. The number of amides is 1. The quantitative estimate of drug-likeness (QED) is 0.0320. The first-order chi connectivity index (χ1) is 38.0. The van der Waals surface area contributed by atoms with Crippen LogP contribution in [0, 0.1) is 0 Å². The zero-order valence-electron chi connectivity index (χ0n) is 51.7. The monoisotopic (exact) mass is 1080 g/mol. The molecule has 0 bridgehead atoms. The second-order valence-corrected chi connectivity index (χ2v) is 23.5. The molecule has 0 aromatic rings. The number of carbonyl (C=O) groups is 2. The van der Waals surface area contributed by atoms with Crippen LogP contribution >= 0.6 is 0 Å². The summed E-state index contributed by atoms with van der Waals surface area (Å²) in [6, 6.07) is -0.635. The van der Waals surface area contributed by atoms with Gasteiger partial charge in [-0.15, -0.1) is 0 Å². The topological polar surface area (TPSA) is 95.9 Å². The van der Waals surface area contributed by atoms with Crippen LogP contribution in [0.3, 0.4) is 0 Å². The van der Waals surface area contributed by atoms with Crippen molar-refractivity contribution in [1.29, 1.82) is 0 Å². The Morgan fingerprint density at radius 1 is 0.364 bits per heavy atom. The molecule has 77 heavy (non-hydrogen) atoms. The first-order valence-electron chi connectivity index (χ1n) is 34.4. The molecule has 0 spiro atoms. The van der Waals surface area contributed by atoms with Crippen LogP contribution in [0.1, 0.15) is 367 Å². The molecular formula is C71H133NO5. The van der Waals surface area contributed by atoms with E-state index in [1.807, 2.05) is 6.08 Å². The predicted molar refractivity (Wildman–Crippen MR) is 338 cm³/mol. The van der Waals surface area contributed by atoms with E-state index in [1.165, 1.54) is 289 Å². The number of ether oxygens (including phenoxy) is 1. The predicted octanol–water partition coefficient (Wildman–Crippen LogP) is 22.1. The van der Waals surface area contributed by atoms with Crippen molar-refractivity contribution < 1.29 is 24.5 Å². The molecule has 0 radical (unpaired) electrons. The minimum absolute atomic E-state index is 0.000656. The number of esters is 1. The van der Waals surface area contributed by atoms with E-state index in [1.54, 1.807) is 6.08 Å². The van der Waals surface area contributed by atoms with Gasteiger partial charge in [-0.2, -0.15) is 0 Å². The fraction of sp³-hybridized carbons (Fsp3) is 0.859. The van der Waals surface area contributed by atoms with Crippen LogP contribution in [0.5, 0.6) is 0 Å². The van der Waals surface area contributed by atoms with Gasteiger partial charge in [0.05, 0.1) is 25.4 Å². The van der Waals surface area contributed by atoms with Gasteiger partial charge in [0.15, 0.2) is 0 Å². The summed E-state index contributed by atoms with van der Waals surface area (Å²) in [6.07, 6.45) is 86.0. The third-order valence-corrected chi connectivity index (χ3v) is 15.8. The van der Waals surface area contributed by atoms with Crippen molar-refractivity contribution in [1.82, 2.24) is 5.32 Å². The number of hydrogen-bond acceptors (Lipinski definition) is 5. The van der Waals surface area contributed by atoms with Gasteiger partial charge in [-0.1, -0.05) is 313 Å². The molecule has 0 aliphatic rings. The second-order valence-electron chi connectivity index (χ2n) is 23.5. The molecule has 0 aromatic heterocycles. The number of rotatable bonds is 64. The molecule has 6 nitrogen and oxygen atoms in total. The lowest BCUT2D eigenvalue weighted by molar-refractivity contribution is -0.143. The summed E-state index contributed by atoms with van der Waals surface area (Å²) < 4.78 is 5.47. The number of allylic oxidation sites excluding steroid dienone is 7. The van der Waals surface area contributed by atoms with Gasteiger partial charge >= 0.3 is 5.97 Å². The number of aliphatic hydroxyl groups is 2. The van der Waals surface area contributed by atoms with Gasteiger partial charge in [-0.25, -0.2) is 0 Å². The summed E-state index contributed by atoms with van der Waals surface area (Å²) >= 11 is 0. The van der Waals surface area contributed by atoms with Gasteiger partial charge in [-0.05, 0) is 89.9 Å². The molecule has 0 aliphatic carbocycles. The van der Waals surface area contributed by atoms with Crippen molar-refractivity contribution in [2.24, 2.45) is 0 Å². The van der Waals surface area contributed by atoms with Crippen LogP contribution in [0.4, 0.5) is 0 Å². The molecular weight excluding hydrogens is 947 g/mol. The minimum atomic E-state index is -0.851. The van der Waals surface area contributed by atoms with Gasteiger partial charge in [0.25, 0.3) is 0 Å². The fourth-order valence-electron chi connectivity index (χ4n) is 10.5. The molecule has 2 unspecified atom stereocenters. The maximum Gasteiger partial charge on any atom is 0.305 e. The van der Waals surface area contributed by atoms with Crippen LogP contribution in [-0.4, -0.2) is 47.4 Å². The molecule has 0 aliphatic heterocycles. The molecule has 452 valence electrons. The van der Waals surface area contributed by atoms with Crippen molar-refractivity contribution in [3.63, 3.8) is 0 Å². The molecule has 0 saturated heterocycles. The van der Waals surface area contributed by atoms with Crippen LogP contribution in [0.2, 0.25) is 0 Å². The Balaban J connectivity index is 3.47. The summed E-state index contributed by atoms with van der Waals surface area (Å²) in [7, 11) is 0. The smallest absolute Gasteiger partial charge is 0.305 e. The van der Waals surface area contributed by atoms with E-state index in [9.17, 15) is 19.8 Å². The van der Waals surface area contributed by atoms with Crippen LogP contribution < -0.4 is 5.32 Å². The van der Waals surface area contributed by atoms with Crippen molar-refractivity contribution in [2.75, 3.05) is 13.2 Å². The van der Waals surface area contributed by atoms with Crippen molar-refractivity contribution >= 4 is 11.9 Å². The maximum absolute atomic E-state index is 12.5. The minimum Gasteiger partial charge on any atom is -0.466 e. The number of aliphatic hydroxyl groups excluding tert-OH is 2. The molecule has 1 amide bonds. The number of carbonyl (C=O) groups excluding carboxylic acids is 2. The Bertz CT molecular complexity index is 1290. The van der Waals surface area contributed by atoms with Crippen LogP contribution in [-0.2, 0) is 14.3 Å². The second kappa shape index (κ2) is 66.3. The highest BCUT2D eigenvalue weighted by Crippen LogP contribution is 2.18. The first kappa shape index (κ1) is 74.8. The largest absolute Gasteiger partial charge is 0.466 e. The highest BCUT2D eigenvalue weighted by Gasteiger charge is 2.18. The SMILES string of the molecule is CCCCCC/C=C\CCCCCCCC(=O)OCCCCCCCCCCC/C=C\C/C=C\CCCCCCCCCCCC(=O)NC(CO)C(O)/C=C/CCCCCCCCCCCCCCCCCCCCCC. The van der Waals surface area contributed by atoms with Gasteiger partial charge in [-0.3, -0.25) is 9.59 Å². The Morgan fingerprint density at radius 2 is 0.649 bits per heavy atom. The third kappa shape index (κ3) is 62.9. The van der Waals surface area contributed by atoms with E-state index in [0.29, 0.717) is 19.4 Å². The van der Waals surface area contributed by atoms with E-state index in [4.69, 9.17) is 4.74 Å². The molecule has 0 saturated carbocycles. The van der Waals surface area contributed by atoms with E-state index in [-0.39, 0.29) is 18.5 Å². The standard InChI is InChI=1S/C71H133NO5/c1-3-5-7-9-11-13-15-17-18-19-20-21-27-30-33-36-40-43-47-51-55-59-63-69(74)68(67-73)72-70(75)64-60-56-52-48-44-41-37-34-31-28-25-23-22-24-26-29-32-35-38-42-46-50-54-58-62-66-77-71(76)65-61-57-53-49-45-39-16-14-12-10-8-6-4-2/h14,16,23-26,59,63,68-69,73-74H,3-13,15,17-22,27-58,60-62,64-67H2,1-2H3,(H,72,75)/b16-14-,25-23-,26-24-,63-59+. The Labute approximate surface area is 480 Å². The van der Waals surface area contributed by atoms with Gasteiger partial charge in [0, 0.05) is 12.8 Å². The van der Waals surface area contributed by atoms with Crippen molar-refractivity contribution in [3.8, 4) is 0 Å². The highest BCUT2D eigenvalue weighted by atomic mass is 16.5. The van der Waals surface area contributed by atoms with Crippen molar-refractivity contribution in [2.45, 2.75) is 379 Å². The molecule has 0 fully saturated rings. The number of nitrogens with one attached hydrogen (secondary N) is 1. The lowest BCUT2D eigenvalue weighted by atomic mass is 10.0. The molecule has 0 aromatic carbocycles. The summed E-state index contributed by atoms with van der Waals surface area (Å²) in [4.78, 5) is 24.6. The number of unbranched alkanes of at least 4 members (excludes halogenated alkanes) is 47. The number of hydrogen-bond donors (Lipinski definition) is 3. The van der Waals surface area contributed by atoms with Crippen molar-refractivity contribution in [3.05, 3.63) is 48.6 Å². The van der Waals surface area contributed by atoms with E-state index in [0.717, 1.165) is 51.4 Å². The summed E-state index contributed by atoms with van der Waals surface area (Å²) in [5, 5.41) is 23.2. The zero-order valence-corrected chi connectivity index (χ0v) is 51.7. The van der Waals surface area contributed by atoms with E-state index >= 15 is 0 Å². The third-order valence-electron chi connectivity index (χ3n) is 15.8. The summed E-state index contributed by atoms with van der Waals surface area (Å²) in [5.41, 5.74) is 0. The summed E-state index contributed by atoms with van der Waals surface area (Å²) in [5.74, 6) is -0.0719. The van der Waals surface area contributed by atoms with Crippen LogP contribution in [0.15, 0.2) is 48.6 Å². The Morgan fingerprint density at radius 3 is 1.01 bits per heavy atom. The maximum atomic E-state index is 12.5. The molecule has 0 rings (SSSR count). The Hall–Kier alpha value is -2.18. The van der Waals surface area contributed by atoms with Gasteiger partial charge in [0.2, 0.25) is 5.91 Å². The highest BCUT2D eigenvalue weighted by molar-refractivity contribution is 5.76. The molecule has 0 heterocycles.